The van der Waals surface area contributed by atoms with E-state index >= 15 is 0 Å². The second-order valence-corrected chi connectivity index (χ2v) is 8.88. The van der Waals surface area contributed by atoms with Gasteiger partial charge in [0.2, 0.25) is 11.0 Å². The summed E-state index contributed by atoms with van der Waals surface area (Å²) in [6, 6.07) is 16.0. The predicted molar refractivity (Wildman–Crippen MR) is 135 cm³/mol. The summed E-state index contributed by atoms with van der Waals surface area (Å²) in [6.45, 7) is 5.84. The number of carbonyl (C=O) groups is 1. The van der Waals surface area contributed by atoms with Crippen LogP contribution in [0.15, 0.2) is 48.5 Å². The molecule has 1 aliphatic heterocycles. The quantitative estimate of drug-likeness (QED) is 0.464. The first-order valence-corrected chi connectivity index (χ1v) is 12.3. The Morgan fingerprint density at radius 3 is 2.68 bits per heavy atom. The Morgan fingerprint density at radius 2 is 1.91 bits per heavy atom. The minimum Gasteiger partial charge on any atom is -0.497 e. The van der Waals surface area contributed by atoms with Crippen molar-refractivity contribution in [1.29, 1.82) is 0 Å². The molecule has 1 saturated heterocycles. The molecule has 0 saturated carbocycles. The lowest BCUT2D eigenvalue weighted by molar-refractivity contribution is -0.129. The Kier molecular flexibility index (Phi) is 7.84. The monoisotopic (exact) mass is 481 g/mol. The van der Waals surface area contributed by atoms with Crippen LogP contribution in [-0.4, -0.2) is 73.7 Å². The molecule has 0 radical (unpaired) electrons. The standard InChI is InChI=1S/C25H31N5O3S/c1-4-33-22-11-6-5-10-21(22)29-12-14-30(15-13-29)24(31)18-28(2)25-26-23(27-34-25)17-19-8-7-9-20(16-19)32-3/h5-11,16H,4,12-15,17-18H2,1-3H3. The average Bonchev–Trinajstić information content (AvgIpc) is 3.33. The number of methoxy groups -OCH3 is 1. The number of benzene rings is 2. The maximum Gasteiger partial charge on any atom is 0.242 e. The zero-order chi connectivity index (χ0) is 23.9. The lowest BCUT2D eigenvalue weighted by Crippen LogP contribution is -2.51. The van der Waals surface area contributed by atoms with E-state index in [4.69, 9.17) is 9.47 Å². The van der Waals surface area contributed by atoms with Crippen molar-refractivity contribution in [3.05, 3.63) is 59.9 Å². The van der Waals surface area contributed by atoms with Crippen LogP contribution in [0, 0.1) is 0 Å². The van der Waals surface area contributed by atoms with Crippen molar-refractivity contribution < 1.29 is 14.3 Å². The third-order valence-electron chi connectivity index (χ3n) is 5.79. The fourth-order valence-corrected chi connectivity index (χ4v) is 4.64. The first-order valence-electron chi connectivity index (χ1n) is 11.5. The average molecular weight is 482 g/mol. The normalized spacial score (nSPS) is 13.6. The van der Waals surface area contributed by atoms with Gasteiger partial charge in [-0.15, -0.1) is 0 Å². The number of piperazine rings is 1. The summed E-state index contributed by atoms with van der Waals surface area (Å²) in [5.41, 5.74) is 2.18. The smallest absolute Gasteiger partial charge is 0.242 e. The van der Waals surface area contributed by atoms with Crippen LogP contribution in [0.25, 0.3) is 0 Å². The summed E-state index contributed by atoms with van der Waals surface area (Å²) in [6.07, 6.45) is 0.626. The number of hydrogen-bond acceptors (Lipinski definition) is 8. The maximum atomic E-state index is 12.9. The van der Waals surface area contributed by atoms with Gasteiger partial charge in [0.05, 0.1) is 25.9 Å². The van der Waals surface area contributed by atoms with E-state index in [1.807, 2.05) is 66.2 Å². The Hall–Kier alpha value is -3.33. The van der Waals surface area contributed by atoms with Crippen molar-refractivity contribution in [3.63, 3.8) is 0 Å². The van der Waals surface area contributed by atoms with E-state index in [1.54, 1.807) is 7.11 Å². The van der Waals surface area contributed by atoms with Crippen molar-refractivity contribution in [2.24, 2.45) is 0 Å². The Labute approximate surface area is 204 Å². The molecule has 180 valence electrons. The van der Waals surface area contributed by atoms with Gasteiger partial charge in [-0.2, -0.15) is 4.37 Å². The molecule has 0 atom stereocenters. The molecule has 34 heavy (non-hydrogen) atoms. The molecular formula is C25H31N5O3S. The second kappa shape index (κ2) is 11.2. The number of aromatic nitrogens is 2. The van der Waals surface area contributed by atoms with Crippen molar-refractivity contribution in [1.82, 2.24) is 14.3 Å². The third-order valence-corrected chi connectivity index (χ3v) is 6.66. The summed E-state index contributed by atoms with van der Waals surface area (Å²) < 4.78 is 15.5. The predicted octanol–water partition coefficient (Wildman–Crippen LogP) is 3.32. The molecule has 0 unspecified atom stereocenters. The number of rotatable bonds is 9. The summed E-state index contributed by atoms with van der Waals surface area (Å²) in [4.78, 5) is 23.7. The number of anilines is 2. The van der Waals surface area contributed by atoms with E-state index in [0.717, 1.165) is 46.8 Å². The Balaban J connectivity index is 1.30. The number of para-hydroxylation sites is 2. The largest absolute Gasteiger partial charge is 0.497 e. The van der Waals surface area contributed by atoms with Crippen molar-refractivity contribution in [2.45, 2.75) is 13.3 Å². The van der Waals surface area contributed by atoms with Crippen LogP contribution in [-0.2, 0) is 11.2 Å². The molecule has 2 heterocycles. The van der Waals surface area contributed by atoms with Gasteiger partial charge in [0.1, 0.15) is 17.3 Å². The molecule has 9 heteroatoms. The summed E-state index contributed by atoms with van der Waals surface area (Å²) in [5, 5.41) is 0.746. The molecule has 0 aliphatic carbocycles. The van der Waals surface area contributed by atoms with Gasteiger partial charge in [0, 0.05) is 51.2 Å². The molecular weight excluding hydrogens is 450 g/mol. The zero-order valence-electron chi connectivity index (χ0n) is 19.9. The van der Waals surface area contributed by atoms with Crippen LogP contribution in [0.3, 0.4) is 0 Å². The third kappa shape index (κ3) is 5.77. The van der Waals surface area contributed by atoms with E-state index in [2.05, 4.69) is 20.3 Å². The zero-order valence-corrected chi connectivity index (χ0v) is 20.8. The highest BCUT2D eigenvalue weighted by Gasteiger charge is 2.24. The van der Waals surface area contributed by atoms with Crippen molar-refractivity contribution in [2.75, 3.05) is 63.3 Å². The van der Waals surface area contributed by atoms with E-state index < -0.39 is 0 Å². The van der Waals surface area contributed by atoms with Crippen molar-refractivity contribution in [3.8, 4) is 11.5 Å². The van der Waals surface area contributed by atoms with Crippen LogP contribution < -0.4 is 19.3 Å². The molecule has 0 bridgehead atoms. The number of amides is 1. The van der Waals surface area contributed by atoms with Gasteiger partial charge in [-0.05, 0) is 36.8 Å². The number of hydrogen-bond donors (Lipinski definition) is 0. The molecule has 3 aromatic rings. The molecule has 2 aromatic carbocycles. The number of carbonyl (C=O) groups excluding carboxylic acids is 1. The fraction of sp³-hybridized carbons (Fsp3) is 0.400. The van der Waals surface area contributed by atoms with Gasteiger partial charge < -0.3 is 24.2 Å². The van der Waals surface area contributed by atoms with Crippen LogP contribution in [0.1, 0.15) is 18.3 Å². The topological polar surface area (TPSA) is 71.0 Å². The molecule has 1 aliphatic rings. The second-order valence-electron chi connectivity index (χ2n) is 8.15. The minimum atomic E-state index is 0.102. The molecule has 1 amide bonds. The van der Waals surface area contributed by atoms with E-state index in [0.29, 0.717) is 26.1 Å². The van der Waals surface area contributed by atoms with Gasteiger partial charge in [-0.25, -0.2) is 4.98 Å². The lowest BCUT2D eigenvalue weighted by Gasteiger charge is -2.37. The Morgan fingerprint density at radius 1 is 1.12 bits per heavy atom. The van der Waals surface area contributed by atoms with Crippen LogP contribution in [0.4, 0.5) is 10.8 Å². The van der Waals surface area contributed by atoms with Crippen LogP contribution in [0.5, 0.6) is 11.5 Å². The fourth-order valence-electron chi connectivity index (χ4n) is 4.00. The highest BCUT2D eigenvalue weighted by atomic mass is 32.1. The van der Waals surface area contributed by atoms with Gasteiger partial charge >= 0.3 is 0 Å². The van der Waals surface area contributed by atoms with Gasteiger partial charge in [-0.3, -0.25) is 4.79 Å². The first-order chi connectivity index (χ1) is 16.6. The van der Waals surface area contributed by atoms with E-state index in [1.165, 1.54) is 11.5 Å². The summed E-state index contributed by atoms with van der Waals surface area (Å²) >= 11 is 1.32. The van der Waals surface area contributed by atoms with Gasteiger partial charge in [0.25, 0.3) is 0 Å². The molecule has 1 aromatic heterocycles. The minimum absolute atomic E-state index is 0.102. The van der Waals surface area contributed by atoms with Gasteiger partial charge in [0.15, 0.2) is 0 Å². The number of ether oxygens (including phenoxy) is 2. The van der Waals surface area contributed by atoms with Crippen LogP contribution in [0.2, 0.25) is 0 Å². The molecule has 0 N–H and O–H groups in total. The van der Waals surface area contributed by atoms with E-state index in [-0.39, 0.29) is 12.5 Å². The van der Waals surface area contributed by atoms with Crippen molar-refractivity contribution >= 4 is 28.3 Å². The summed E-state index contributed by atoms with van der Waals surface area (Å²) in [7, 11) is 3.55. The first kappa shape index (κ1) is 23.8. The Bertz CT molecular complexity index is 1100. The molecule has 1 fully saturated rings. The van der Waals surface area contributed by atoms with Gasteiger partial charge in [-0.1, -0.05) is 24.3 Å². The lowest BCUT2D eigenvalue weighted by atomic mass is 10.1. The number of likely N-dealkylation sites (N-methyl/N-ethyl adjacent to an activating group) is 1. The molecule has 0 spiro atoms. The maximum absolute atomic E-state index is 12.9. The SMILES string of the molecule is CCOc1ccccc1N1CCN(C(=O)CN(C)c2nc(Cc3cccc(OC)c3)ns2)CC1. The molecule has 4 rings (SSSR count). The highest BCUT2D eigenvalue weighted by molar-refractivity contribution is 7.09. The summed E-state index contributed by atoms with van der Waals surface area (Å²) in [5.74, 6) is 2.56. The number of nitrogens with zero attached hydrogens (tertiary/aromatic N) is 5. The van der Waals surface area contributed by atoms with Crippen LogP contribution >= 0.6 is 11.5 Å². The van der Waals surface area contributed by atoms with E-state index in [9.17, 15) is 4.79 Å². The highest BCUT2D eigenvalue weighted by Crippen LogP contribution is 2.29. The molecule has 8 nitrogen and oxygen atoms in total.